The number of carbonyl (C=O) groups excluding carboxylic acids is 2. The molecule has 0 spiro atoms. The van der Waals surface area contributed by atoms with Crippen LogP contribution in [0, 0.1) is 0 Å². The average molecular weight is 338 g/mol. The van der Waals surface area contributed by atoms with E-state index < -0.39 is 0 Å². The van der Waals surface area contributed by atoms with Crippen LogP contribution >= 0.6 is 0 Å². The number of hydrogen-bond donors (Lipinski definition) is 2. The normalized spacial score (nSPS) is 12.4. The molecule has 0 saturated carbocycles. The number of fused-ring (bicyclic) bond motifs is 1. The van der Waals surface area contributed by atoms with Gasteiger partial charge < -0.3 is 15.4 Å². The molecule has 25 heavy (non-hydrogen) atoms. The second kappa shape index (κ2) is 7.83. The average Bonchev–Trinajstić information content (AvgIpc) is 3.06. The topological polar surface area (TPSA) is 67.4 Å². The standard InChI is InChI=1S/C20H22N2O3/c1-14(23)22-18-8-5-15(6-9-18)12-21-20(24)13-25-19-10-7-16-3-2-4-17(16)11-19/h5-11H,2-4,12-13H2,1H3,(H,21,24)(H,22,23). The zero-order valence-electron chi connectivity index (χ0n) is 14.3. The van der Waals surface area contributed by atoms with Gasteiger partial charge in [0.15, 0.2) is 6.61 Å². The van der Waals surface area contributed by atoms with Gasteiger partial charge in [0, 0.05) is 19.2 Å². The van der Waals surface area contributed by atoms with Gasteiger partial charge in [0.2, 0.25) is 5.91 Å². The van der Waals surface area contributed by atoms with Crippen LogP contribution in [0.4, 0.5) is 5.69 Å². The minimum Gasteiger partial charge on any atom is -0.484 e. The van der Waals surface area contributed by atoms with Gasteiger partial charge in [-0.15, -0.1) is 0 Å². The van der Waals surface area contributed by atoms with Crippen LogP contribution in [-0.2, 0) is 29.0 Å². The highest BCUT2D eigenvalue weighted by atomic mass is 16.5. The number of nitrogens with one attached hydrogen (secondary N) is 2. The maximum Gasteiger partial charge on any atom is 0.258 e. The molecule has 5 nitrogen and oxygen atoms in total. The zero-order chi connectivity index (χ0) is 17.6. The summed E-state index contributed by atoms with van der Waals surface area (Å²) in [4.78, 5) is 22.9. The van der Waals surface area contributed by atoms with Crippen molar-refractivity contribution in [2.75, 3.05) is 11.9 Å². The Bertz CT molecular complexity index is 769. The maximum atomic E-state index is 11.9. The molecule has 0 bridgehead atoms. The summed E-state index contributed by atoms with van der Waals surface area (Å²) in [6.07, 6.45) is 3.42. The van der Waals surface area contributed by atoms with Gasteiger partial charge in [0.1, 0.15) is 5.75 Å². The number of hydrogen-bond acceptors (Lipinski definition) is 3. The highest BCUT2D eigenvalue weighted by Gasteiger charge is 2.11. The van der Waals surface area contributed by atoms with Crippen molar-refractivity contribution in [1.82, 2.24) is 5.32 Å². The summed E-state index contributed by atoms with van der Waals surface area (Å²) in [5.74, 6) is 0.478. The monoisotopic (exact) mass is 338 g/mol. The fourth-order valence-corrected chi connectivity index (χ4v) is 2.95. The lowest BCUT2D eigenvalue weighted by Gasteiger charge is -2.09. The molecular weight excluding hydrogens is 316 g/mol. The van der Waals surface area contributed by atoms with E-state index in [0.29, 0.717) is 6.54 Å². The molecule has 2 aromatic carbocycles. The minimum absolute atomic E-state index is 0.00274. The lowest BCUT2D eigenvalue weighted by atomic mass is 10.1. The van der Waals surface area contributed by atoms with E-state index in [-0.39, 0.29) is 18.4 Å². The SMILES string of the molecule is CC(=O)Nc1ccc(CNC(=O)COc2ccc3c(c2)CCC3)cc1. The Hall–Kier alpha value is -2.82. The van der Waals surface area contributed by atoms with Gasteiger partial charge in [0.25, 0.3) is 5.91 Å². The highest BCUT2D eigenvalue weighted by Crippen LogP contribution is 2.25. The molecule has 5 heteroatoms. The lowest BCUT2D eigenvalue weighted by Crippen LogP contribution is -2.28. The summed E-state index contributed by atoms with van der Waals surface area (Å²) in [5, 5.41) is 5.54. The lowest BCUT2D eigenvalue weighted by molar-refractivity contribution is -0.123. The number of rotatable bonds is 6. The molecule has 0 unspecified atom stereocenters. The van der Waals surface area contributed by atoms with Gasteiger partial charge in [-0.2, -0.15) is 0 Å². The Morgan fingerprint density at radius 2 is 1.80 bits per heavy atom. The first-order valence-corrected chi connectivity index (χ1v) is 8.48. The summed E-state index contributed by atoms with van der Waals surface area (Å²) in [5.41, 5.74) is 4.42. The predicted molar refractivity (Wildman–Crippen MR) is 96.6 cm³/mol. The molecule has 0 fully saturated rings. The Balaban J connectivity index is 1.44. The Morgan fingerprint density at radius 1 is 1.04 bits per heavy atom. The third-order valence-corrected chi connectivity index (χ3v) is 4.20. The molecule has 2 aromatic rings. The van der Waals surface area contributed by atoms with E-state index in [1.807, 2.05) is 36.4 Å². The predicted octanol–water partition coefficient (Wildman–Crippen LogP) is 2.83. The molecule has 1 aliphatic rings. The first-order chi connectivity index (χ1) is 12.1. The van der Waals surface area contributed by atoms with Gasteiger partial charge in [-0.05, 0) is 60.2 Å². The van der Waals surface area contributed by atoms with E-state index in [0.717, 1.165) is 29.8 Å². The van der Waals surface area contributed by atoms with Crippen LogP contribution in [0.2, 0.25) is 0 Å². The summed E-state index contributed by atoms with van der Waals surface area (Å²) >= 11 is 0. The van der Waals surface area contributed by atoms with Crippen LogP contribution in [0.3, 0.4) is 0 Å². The van der Waals surface area contributed by atoms with Gasteiger partial charge >= 0.3 is 0 Å². The molecule has 3 rings (SSSR count). The first-order valence-electron chi connectivity index (χ1n) is 8.48. The minimum atomic E-state index is -0.161. The Labute approximate surface area is 147 Å². The van der Waals surface area contributed by atoms with E-state index in [1.54, 1.807) is 0 Å². The first kappa shape index (κ1) is 17.0. The summed E-state index contributed by atoms with van der Waals surface area (Å²) < 4.78 is 5.58. The third-order valence-electron chi connectivity index (χ3n) is 4.20. The van der Waals surface area contributed by atoms with E-state index in [2.05, 4.69) is 16.7 Å². The van der Waals surface area contributed by atoms with Crippen molar-refractivity contribution in [3.05, 3.63) is 59.2 Å². The molecule has 130 valence electrons. The Kier molecular flexibility index (Phi) is 5.33. The van der Waals surface area contributed by atoms with Crippen molar-refractivity contribution in [1.29, 1.82) is 0 Å². The van der Waals surface area contributed by atoms with Crippen LogP contribution in [-0.4, -0.2) is 18.4 Å². The number of carbonyl (C=O) groups is 2. The van der Waals surface area contributed by atoms with E-state index in [4.69, 9.17) is 4.74 Å². The molecular formula is C20H22N2O3. The summed E-state index contributed by atoms with van der Waals surface area (Å²) in [6.45, 7) is 1.89. The largest absolute Gasteiger partial charge is 0.484 e. The van der Waals surface area contributed by atoms with Crippen LogP contribution < -0.4 is 15.4 Å². The molecule has 0 aliphatic heterocycles. The smallest absolute Gasteiger partial charge is 0.258 e. The maximum absolute atomic E-state index is 11.9. The van der Waals surface area contributed by atoms with Gasteiger partial charge in [-0.25, -0.2) is 0 Å². The number of amides is 2. The van der Waals surface area contributed by atoms with Crippen molar-refractivity contribution < 1.29 is 14.3 Å². The highest BCUT2D eigenvalue weighted by molar-refractivity contribution is 5.88. The molecule has 0 aromatic heterocycles. The molecule has 0 atom stereocenters. The van der Waals surface area contributed by atoms with Gasteiger partial charge in [-0.1, -0.05) is 18.2 Å². The van der Waals surface area contributed by atoms with Crippen molar-refractivity contribution in [3.8, 4) is 5.75 Å². The number of ether oxygens (including phenoxy) is 1. The zero-order valence-corrected chi connectivity index (χ0v) is 14.3. The fraction of sp³-hybridized carbons (Fsp3) is 0.300. The van der Waals surface area contributed by atoms with Gasteiger partial charge in [0.05, 0.1) is 0 Å². The van der Waals surface area contributed by atoms with Crippen molar-refractivity contribution in [2.24, 2.45) is 0 Å². The molecule has 2 N–H and O–H groups in total. The van der Waals surface area contributed by atoms with Crippen molar-refractivity contribution in [2.45, 2.75) is 32.7 Å². The molecule has 1 aliphatic carbocycles. The van der Waals surface area contributed by atoms with Crippen LogP contribution in [0.15, 0.2) is 42.5 Å². The van der Waals surface area contributed by atoms with Crippen LogP contribution in [0.1, 0.15) is 30.0 Å². The number of benzene rings is 2. The summed E-state index contributed by atoms with van der Waals surface area (Å²) in [6, 6.07) is 13.4. The molecule has 2 amide bonds. The third kappa shape index (κ3) is 4.83. The second-order valence-corrected chi connectivity index (χ2v) is 6.23. The van der Waals surface area contributed by atoms with E-state index >= 15 is 0 Å². The molecule has 0 heterocycles. The quantitative estimate of drug-likeness (QED) is 0.851. The number of anilines is 1. The summed E-state index contributed by atoms with van der Waals surface area (Å²) in [7, 11) is 0. The van der Waals surface area contributed by atoms with Crippen LogP contribution in [0.25, 0.3) is 0 Å². The molecule has 0 radical (unpaired) electrons. The van der Waals surface area contributed by atoms with Crippen LogP contribution in [0.5, 0.6) is 5.75 Å². The van der Waals surface area contributed by atoms with Gasteiger partial charge in [-0.3, -0.25) is 9.59 Å². The Morgan fingerprint density at radius 3 is 2.56 bits per heavy atom. The second-order valence-electron chi connectivity index (χ2n) is 6.23. The number of aryl methyl sites for hydroxylation is 2. The fourth-order valence-electron chi connectivity index (χ4n) is 2.95. The van der Waals surface area contributed by atoms with E-state index in [9.17, 15) is 9.59 Å². The van der Waals surface area contributed by atoms with Crippen molar-refractivity contribution >= 4 is 17.5 Å². The van der Waals surface area contributed by atoms with Crippen molar-refractivity contribution in [3.63, 3.8) is 0 Å². The molecule has 0 saturated heterocycles. The van der Waals surface area contributed by atoms with E-state index in [1.165, 1.54) is 24.5 Å².